The summed E-state index contributed by atoms with van der Waals surface area (Å²) in [4.78, 5) is 0. The van der Waals surface area contributed by atoms with Crippen LogP contribution in [-0.2, 0) is 11.3 Å². The van der Waals surface area contributed by atoms with Crippen LogP contribution in [0, 0.1) is 5.41 Å². The van der Waals surface area contributed by atoms with Crippen LogP contribution in [0.15, 0.2) is 12.1 Å². The summed E-state index contributed by atoms with van der Waals surface area (Å²) in [6, 6.07) is 3.28. The molecule has 0 atom stereocenters. The molecule has 0 aliphatic carbocycles. The summed E-state index contributed by atoms with van der Waals surface area (Å²) in [6.45, 7) is 5.36. The first kappa shape index (κ1) is 14.9. The Kier molecular flexibility index (Phi) is 4.96. The minimum Gasteiger partial charge on any atom is -0.506 e. The summed E-state index contributed by atoms with van der Waals surface area (Å²) < 4.78 is 5.38. The maximum Gasteiger partial charge on any atom is 0.138 e. The van der Waals surface area contributed by atoms with Crippen molar-refractivity contribution in [3.05, 3.63) is 27.7 Å². The average Bonchev–Trinajstić information content (AvgIpc) is 2.36. The van der Waals surface area contributed by atoms with E-state index in [0.29, 0.717) is 16.6 Å². The standard InChI is InChI=1S/C14H19Cl2NO2/c1-14(2-4-19-5-3-14)9-17-8-10-6-11(15)7-12(16)13(10)18/h6-7,17-18H,2-5,8-9H2,1H3. The first-order valence-electron chi connectivity index (χ1n) is 6.45. The van der Waals surface area contributed by atoms with Crippen molar-refractivity contribution in [1.29, 1.82) is 0 Å². The topological polar surface area (TPSA) is 41.5 Å². The molecule has 0 aromatic heterocycles. The minimum absolute atomic E-state index is 0.107. The lowest BCUT2D eigenvalue weighted by Crippen LogP contribution is -2.36. The third-order valence-corrected chi connectivity index (χ3v) is 4.18. The lowest BCUT2D eigenvalue weighted by molar-refractivity contribution is 0.0240. The van der Waals surface area contributed by atoms with E-state index in [9.17, 15) is 5.11 Å². The molecule has 1 aliphatic rings. The van der Waals surface area contributed by atoms with Gasteiger partial charge in [0.2, 0.25) is 0 Å². The first-order chi connectivity index (χ1) is 9.00. The van der Waals surface area contributed by atoms with Gasteiger partial charge in [0, 0.05) is 36.9 Å². The van der Waals surface area contributed by atoms with Gasteiger partial charge >= 0.3 is 0 Å². The van der Waals surface area contributed by atoms with E-state index in [1.807, 2.05) is 0 Å². The van der Waals surface area contributed by atoms with Crippen molar-refractivity contribution in [1.82, 2.24) is 5.32 Å². The van der Waals surface area contributed by atoms with Gasteiger partial charge in [0.05, 0.1) is 5.02 Å². The molecule has 106 valence electrons. The normalized spacial score (nSPS) is 18.5. The largest absolute Gasteiger partial charge is 0.506 e. The third kappa shape index (κ3) is 3.99. The Bertz CT molecular complexity index is 445. The van der Waals surface area contributed by atoms with Gasteiger partial charge in [-0.05, 0) is 30.4 Å². The number of nitrogens with one attached hydrogen (secondary N) is 1. The van der Waals surface area contributed by atoms with E-state index >= 15 is 0 Å². The minimum atomic E-state index is 0.107. The van der Waals surface area contributed by atoms with E-state index in [1.165, 1.54) is 0 Å². The second kappa shape index (κ2) is 6.31. The summed E-state index contributed by atoms with van der Waals surface area (Å²) in [5.41, 5.74) is 0.990. The van der Waals surface area contributed by atoms with E-state index in [2.05, 4.69) is 12.2 Å². The van der Waals surface area contributed by atoms with Gasteiger partial charge in [-0.15, -0.1) is 0 Å². The Hall–Kier alpha value is -0.480. The number of ether oxygens (including phenoxy) is 1. The number of hydrogen-bond acceptors (Lipinski definition) is 3. The van der Waals surface area contributed by atoms with Crippen LogP contribution in [0.2, 0.25) is 10.0 Å². The molecule has 3 nitrogen and oxygen atoms in total. The van der Waals surface area contributed by atoms with E-state index in [1.54, 1.807) is 12.1 Å². The summed E-state index contributed by atoms with van der Waals surface area (Å²) in [5, 5.41) is 14.1. The molecule has 1 aromatic rings. The predicted octanol–water partition coefficient (Wildman–Crippen LogP) is 3.61. The first-order valence-corrected chi connectivity index (χ1v) is 7.21. The maximum atomic E-state index is 9.87. The Morgan fingerprint density at radius 2 is 2.00 bits per heavy atom. The van der Waals surface area contributed by atoms with Gasteiger partial charge in [-0.1, -0.05) is 30.1 Å². The lowest BCUT2D eigenvalue weighted by atomic mass is 9.82. The lowest BCUT2D eigenvalue weighted by Gasteiger charge is -2.33. The number of rotatable bonds is 4. The number of benzene rings is 1. The zero-order chi connectivity index (χ0) is 13.9. The van der Waals surface area contributed by atoms with Crippen LogP contribution >= 0.6 is 23.2 Å². The highest BCUT2D eigenvalue weighted by molar-refractivity contribution is 6.35. The maximum absolute atomic E-state index is 9.87. The van der Waals surface area contributed by atoms with Gasteiger partial charge in [0.25, 0.3) is 0 Å². The Morgan fingerprint density at radius 3 is 2.68 bits per heavy atom. The third-order valence-electron chi connectivity index (χ3n) is 3.67. The van der Waals surface area contributed by atoms with Crippen molar-refractivity contribution in [2.24, 2.45) is 5.41 Å². The summed E-state index contributed by atoms with van der Waals surface area (Å²) in [7, 11) is 0. The number of halogens is 2. The average molecular weight is 304 g/mol. The van der Waals surface area contributed by atoms with Gasteiger partial charge in [-0.3, -0.25) is 0 Å². The summed E-state index contributed by atoms with van der Waals surface area (Å²) >= 11 is 11.8. The molecule has 2 N–H and O–H groups in total. The Labute approximate surface area is 123 Å². The highest BCUT2D eigenvalue weighted by atomic mass is 35.5. The van der Waals surface area contributed by atoms with Gasteiger partial charge in [0.15, 0.2) is 0 Å². The molecule has 0 saturated carbocycles. The zero-order valence-electron chi connectivity index (χ0n) is 11.0. The summed E-state index contributed by atoms with van der Waals surface area (Å²) in [6.07, 6.45) is 2.12. The van der Waals surface area contributed by atoms with Gasteiger partial charge in [0.1, 0.15) is 5.75 Å². The van der Waals surface area contributed by atoms with Crippen LogP contribution in [0.1, 0.15) is 25.3 Å². The fourth-order valence-electron chi connectivity index (χ4n) is 2.29. The molecule has 1 aromatic carbocycles. The smallest absolute Gasteiger partial charge is 0.138 e. The van der Waals surface area contributed by atoms with Gasteiger partial charge in [-0.25, -0.2) is 0 Å². The molecule has 0 radical (unpaired) electrons. The SMILES string of the molecule is CC1(CNCc2cc(Cl)cc(Cl)c2O)CCOCC1. The van der Waals surface area contributed by atoms with Crippen LogP contribution < -0.4 is 5.32 Å². The highest BCUT2D eigenvalue weighted by Gasteiger charge is 2.26. The number of hydrogen-bond donors (Lipinski definition) is 2. The Balaban J connectivity index is 1.92. The van der Waals surface area contributed by atoms with Crippen LogP contribution in [0.25, 0.3) is 0 Å². The molecular formula is C14H19Cl2NO2. The van der Waals surface area contributed by atoms with E-state index in [0.717, 1.165) is 38.2 Å². The van der Waals surface area contributed by atoms with Crippen molar-refractivity contribution in [3.8, 4) is 5.75 Å². The monoisotopic (exact) mass is 303 g/mol. The quantitative estimate of drug-likeness (QED) is 0.893. The molecule has 0 unspecified atom stereocenters. The van der Waals surface area contributed by atoms with E-state index in [4.69, 9.17) is 27.9 Å². The fourth-order valence-corrected chi connectivity index (χ4v) is 2.83. The van der Waals surface area contributed by atoms with Crippen molar-refractivity contribution in [2.75, 3.05) is 19.8 Å². The number of aromatic hydroxyl groups is 1. The summed E-state index contributed by atoms with van der Waals surface area (Å²) in [5.74, 6) is 0.107. The molecule has 19 heavy (non-hydrogen) atoms. The molecule has 1 fully saturated rings. The molecule has 0 amide bonds. The van der Waals surface area contributed by atoms with Crippen LogP contribution in [0.3, 0.4) is 0 Å². The molecule has 1 aliphatic heterocycles. The van der Waals surface area contributed by atoms with Crippen molar-refractivity contribution in [2.45, 2.75) is 26.3 Å². The molecular weight excluding hydrogens is 285 g/mol. The Morgan fingerprint density at radius 1 is 1.32 bits per heavy atom. The van der Waals surface area contributed by atoms with Gasteiger partial charge < -0.3 is 15.2 Å². The predicted molar refractivity (Wildman–Crippen MR) is 78.0 cm³/mol. The molecule has 1 saturated heterocycles. The second-order valence-corrected chi connectivity index (χ2v) is 6.27. The van der Waals surface area contributed by atoms with Crippen molar-refractivity contribution in [3.63, 3.8) is 0 Å². The van der Waals surface area contributed by atoms with Crippen molar-refractivity contribution < 1.29 is 9.84 Å². The molecule has 2 rings (SSSR count). The molecule has 0 spiro atoms. The number of phenols is 1. The zero-order valence-corrected chi connectivity index (χ0v) is 12.5. The highest BCUT2D eigenvalue weighted by Crippen LogP contribution is 2.32. The number of phenolic OH excluding ortho intramolecular Hbond substituents is 1. The van der Waals surface area contributed by atoms with Crippen molar-refractivity contribution >= 4 is 23.2 Å². The second-order valence-electron chi connectivity index (χ2n) is 5.42. The van der Waals surface area contributed by atoms with Crippen LogP contribution in [-0.4, -0.2) is 24.9 Å². The fraction of sp³-hybridized carbons (Fsp3) is 0.571. The van der Waals surface area contributed by atoms with E-state index < -0.39 is 0 Å². The van der Waals surface area contributed by atoms with E-state index in [-0.39, 0.29) is 11.2 Å². The molecule has 5 heteroatoms. The molecule has 0 bridgehead atoms. The van der Waals surface area contributed by atoms with Crippen LogP contribution in [0.5, 0.6) is 5.75 Å². The van der Waals surface area contributed by atoms with Gasteiger partial charge in [-0.2, -0.15) is 0 Å². The van der Waals surface area contributed by atoms with Crippen LogP contribution in [0.4, 0.5) is 0 Å². The molecule has 1 heterocycles.